The second-order valence-electron chi connectivity index (χ2n) is 5.24. The molecule has 0 saturated heterocycles. The molecule has 0 aliphatic carbocycles. The molecule has 1 amide bonds. The minimum absolute atomic E-state index is 0.0825. The van der Waals surface area contributed by atoms with Gasteiger partial charge < -0.3 is 10.1 Å². The molecule has 21 heavy (non-hydrogen) atoms. The van der Waals surface area contributed by atoms with Gasteiger partial charge in [-0.15, -0.1) is 0 Å². The Morgan fingerprint density at radius 3 is 2.57 bits per heavy atom. The molecular formula is C14H22N2O4S. The van der Waals surface area contributed by atoms with E-state index in [1.807, 2.05) is 0 Å². The standard InChI is InChI=1S/C14H22N2O4S/c1-10(2)6-7-16-14(17)11-4-5-12(9-20-3)13(8-11)21(15,18)19/h4-5,8,10H,6-7,9H2,1-3H3,(H,16,17)(H2,15,18,19). The van der Waals surface area contributed by atoms with Gasteiger partial charge in [-0.25, -0.2) is 13.6 Å². The van der Waals surface area contributed by atoms with E-state index in [0.29, 0.717) is 18.0 Å². The van der Waals surface area contributed by atoms with Gasteiger partial charge in [0.15, 0.2) is 0 Å². The number of methoxy groups -OCH3 is 1. The molecule has 1 rings (SSSR count). The Labute approximate surface area is 125 Å². The van der Waals surface area contributed by atoms with Crippen molar-refractivity contribution >= 4 is 15.9 Å². The number of benzene rings is 1. The molecule has 1 aromatic carbocycles. The Hall–Kier alpha value is -1.44. The maximum atomic E-state index is 12.0. The third-order valence-corrected chi connectivity index (χ3v) is 3.94. The van der Waals surface area contributed by atoms with E-state index in [9.17, 15) is 13.2 Å². The highest BCUT2D eigenvalue weighted by molar-refractivity contribution is 7.89. The maximum Gasteiger partial charge on any atom is 0.251 e. The molecule has 0 unspecified atom stereocenters. The van der Waals surface area contributed by atoms with E-state index in [0.717, 1.165) is 6.42 Å². The Morgan fingerprint density at radius 1 is 1.38 bits per heavy atom. The van der Waals surface area contributed by atoms with Crippen LogP contribution >= 0.6 is 0 Å². The number of hydrogen-bond donors (Lipinski definition) is 2. The zero-order valence-electron chi connectivity index (χ0n) is 12.5. The summed E-state index contributed by atoms with van der Waals surface area (Å²) >= 11 is 0. The van der Waals surface area contributed by atoms with Crippen molar-refractivity contribution in [3.63, 3.8) is 0 Å². The van der Waals surface area contributed by atoms with Crippen LogP contribution < -0.4 is 10.5 Å². The van der Waals surface area contributed by atoms with Crippen LogP contribution in [0.1, 0.15) is 36.2 Å². The molecule has 0 heterocycles. The largest absolute Gasteiger partial charge is 0.380 e. The molecule has 0 spiro atoms. The molecule has 0 aliphatic rings. The molecule has 0 aliphatic heterocycles. The minimum Gasteiger partial charge on any atom is -0.380 e. The van der Waals surface area contributed by atoms with Crippen LogP contribution in [0.2, 0.25) is 0 Å². The number of hydrogen-bond acceptors (Lipinski definition) is 4. The summed E-state index contributed by atoms with van der Waals surface area (Å²) in [6.45, 7) is 4.78. The molecule has 0 fully saturated rings. The molecule has 0 aromatic heterocycles. The van der Waals surface area contributed by atoms with Gasteiger partial charge in [0.2, 0.25) is 10.0 Å². The highest BCUT2D eigenvalue weighted by Crippen LogP contribution is 2.17. The predicted molar refractivity (Wildman–Crippen MR) is 80.3 cm³/mol. The fourth-order valence-electron chi connectivity index (χ4n) is 1.81. The number of amides is 1. The van der Waals surface area contributed by atoms with E-state index in [4.69, 9.17) is 9.88 Å². The minimum atomic E-state index is -3.91. The Morgan fingerprint density at radius 2 is 2.05 bits per heavy atom. The van der Waals surface area contributed by atoms with Gasteiger partial charge in [0, 0.05) is 19.2 Å². The monoisotopic (exact) mass is 314 g/mol. The summed E-state index contributed by atoms with van der Waals surface area (Å²) in [4.78, 5) is 11.9. The highest BCUT2D eigenvalue weighted by atomic mass is 32.2. The fraction of sp³-hybridized carbons (Fsp3) is 0.500. The molecule has 3 N–H and O–H groups in total. The van der Waals surface area contributed by atoms with Crippen LogP contribution in [0.15, 0.2) is 23.1 Å². The van der Waals surface area contributed by atoms with Gasteiger partial charge in [-0.3, -0.25) is 4.79 Å². The zero-order valence-corrected chi connectivity index (χ0v) is 13.4. The number of nitrogens with one attached hydrogen (secondary N) is 1. The van der Waals surface area contributed by atoms with Crippen molar-refractivity contribution < 1.29 is 17.9 Å². The average Bonchev–Trinajstić information content (AvgIpc) is 2.37. The van der Waals surface area contributed by atoms with E-state index < -0.39 is 10.0 Å². The summed E-state index contributed by atoms with van der Waals surface area (Å²) in [5.41, 5.74) is 0.696. The molecule has 7 heteroatoms. The van der Waals surface area contributed by atoms with Crippen LogP contribution in [-0.4, -0.2) is 28.0 Å². The van der Waals surface area contributed by atoms with Gasteiger partial charge in [-0.05, 0) is 30.0 Å². The van der Waals surface area contributed by atoms with Crippen LogP contribution in [0.25, 0.3) is 0 Å². The van der Waals surface area contributed by atoms with Crippen LogP contribution in [-0.2, 0) is 21.4 Å². The van der Waals surface area contributed by atoms with Crippen molar-refractivity contribution in [1.29, 1.82) is 0 Å². The molecule has 118 valence electrons. The number of rotatable bonds is 7. The molecule has 0 saturated carbocycles. The van der Waals surface area contributed by atoms with Crippen LogP contribution in [0.4, 0.5) is 0 Å². The van der Waals surface area contributed by atoms with Gasteiger partial charge in [-0.1, -0.05) is 19.9 Å². The number of carbonyl (C=O) groups excluding carboxylic acids is 1. The topological polar surface area (TPSA) is 98.5 Å². The van der Waals surface area contributed by atoms with Crippen LogP contribution in [0, 0.1) is 5.92 Å². The molecule has 1 aromatic rings. The summed E-state index contributed by atoms with van der Waals surface area (Å²) in [5.74, 6) is 0.166. The predicted octanol–water partition coefficient (Wildman–Crippen LogP) is 1.26. The third-order valence-electron chi connectivity index (χ3n) is 2.94. The number of primary sulfonamides is 1. The number of nitrogens with two attached hydrogens (primary N) is 1. The summed E-state index contributed by atoms with van der Waals surface area (Å²) in [6, 6.07) is 4.39. The normalized spacial score (nSPS) is 11.7. The Bertz CT molecular complexity index is 597. The lowest BCUT2D eigenvalue weighted by atomic mass is 10.1. The first kappa shape index (κ1) is 17.6. The first-order valence-electron chi connectivity index (χ1n) is 6.68. The SMILES string of the molecule is COCc1ccc(C(=O)NCCC(C)C)cc1S(N)(=O)=O. The second-order valence-corrected chi connectivity index (χ2v) is 6.77. The van der Waals surface area contributed by atoms with Gasteiger partial charge in [0.05, 0.1) is 11.5 Å². The van der Waals surface area contributed by atoms with Crippen molar-refractivity contribution in [3.8, 4) is 0 Å². The highest BCUT2D eigenvalue weighted by Gasteiger charge is 2.17. The third kappa shape index (κ3) is 5.45. The smallest absolute Gasteiger partial charge is 0.251 e. The molecule has 0 atom stereocenters. The molecular weight excluding hydrogens is 292 g/mol. The van der Waals surface area contributed by atoms with Gasteiger partial charge in [0.25, 0.3) is 5.91 Å². The van der Waals surface area contributed by atoms with Crippen molar-refractivity contribution in [3.05, 3.63) is 29.3 Å². The summed E-state index contributed by atoms with van der Waals surface area (Å²) in [7, 11) is -2.45. The van der Waals surface area contributed by atoms with Crippen molar-refractivity contribution in [1.82, 2.24) is 5.32 Å². The lowest BCUT2D eigenvalue weighted by Crippen LogP contribution is -2.26. The number of carbonyl (C=O) groups is 1. The molecule has 6 nitrogen and oxygen atoms in total. The van der Waals surface area contributed by atoms with Crippen molar-refractivity contribution in [2.45, 2.75) is 31.8 Å². The molecule has 0 radical (unpaired) electrons. The summed E-state index contributed by atoms with van der Waals surface area (Å²) < 4.78 is 28.1. The van der Waals surface area contributed by atoms with Crippen molar-refractivity contribution in [2.24, 2.45) is 11.1 Å². The van der Waals surface area contributed by atoms with E-state index in [-0.39, 0.29) is 23.0 Å². The number of ether oxygens (including phenoxy) is 1. The quantitative estimate of drug-likeness (QED) is 0.791. The van der Waals surface area contributed by atoms with Gasteiger partial charge in [0.1, 0.15) is 0 Å². The lowest BCUT2D eigenvalue weighted by Gasteiger charge is -2.11. The first-order valence-corrected chi connectivity index (χ1v) is 8.23. The van der Waals surface area contributed by atoms with Gasteiger partial charge >= 0.3 is 0 Å². The summed E-state index contributed by atoms with van der Waals surface area (Å²) in [5, 5.41) is 7.94. The van der Waals surface area contributed by atoms with E-state index in [1.165, 1.54) is 13.2 Å². The van der Waals surface area contributed by atoms with E-state index in [2.05, 4.69) is 19.2 Å². The van der Waals surface area contributed by atoms with Crippen LogP contribution in [0.3, 0.4) is 0 Å². The van der Waals surface area contributed by atoms with E-state index in [1.54, 1.807) is 12.1 Å². The Balaban J connectivity index is 2.97. The second kappa shape index (κ2) is 7.53. The Kier molecular flexibility index (Phi) is 6.32. The van der Waals surface area contributed by atoms with Crippen molar-refractivity contribution in [2.75, 3.05) is 13.7 Å². The number of sulfonamides is 1. The van der Waals surface area contributed by atoms with E-state index >= 15 is 0 Å². The maximum absolute atomic E-state index is 12.0. The summed E-state index contributed by atoms with van der Waals surface area (Å²) in [6.07, 6.45) is 0.857. The van der Waals surface area contributed by atoms with Gasteiger partial charge in [-0.2, -0.15) is 0 Å². The first-order chi connectivity index (χ1) is 9.75. The fourth-order valence-corrected chi connectivity index (χ4v) is 2.60. The zero-order chi connectivity index (χ0) is 16.0. The molecule has 0 bridgehead atoms. The average molecular weight is 314 g/mol. The van der Waals surface area contributed by atoms with Crippen LogP contribution in [0.5, 0.6) is 0 Å². The lowest BCUT2D eigenvalue weighted by molar-refractivity contribution is 0.0951.